The van der Waals surface area contributed by atoms with Crippen LogP contribution in [0.3, 0.4) is 0 Å². The fourth-order valence-electron chi connectivity index (χ4n) is 3.91. The van der Waals surface area contributed by atoms with Crippen LogP contribution in [0.4, 0.5) is 5.69 Å². The third-order valence-corrected chi connectivity index (χ3v) is 5.99. The summed E-state index contributed by atoms with van der Waals surface area (Å²) in [5.41, 5.74) is 9.05. The van der Waals surface area contributed by atoms with Crippen molar-refractivity contribution in [2.75, 3.05) is 17.2 Å². The van der Waals surface area contributed by atoms with Crippen molar-refractivity contribution in [2.24, 2.45) is 5.10 Å². The molecule has 0 bridgehead atoms. The number of thioether (sulfide) groups is 1. The summed E-state index contributed by atoms with van der Waals surface area (Å²) >= 11 is 1.31. The number of carbonyl (C=O) groups is 1. The zero-order valence-corrected chi connectivity index (χ0v) is 20.0. The molecule has 0 radical (unpaired) electrons. The van der Waals surface area contributed by atoms with Crippen molar-refractivity contribution in [3.05, 3.63) is 52.9 Å². The monoisotopic (exact) mass is 437 g/mol. The molecule has 7 heteroatoms. The highest BCUT2D eigenvalue weighted by Crippen LogP contribution is 2.39. The largest absolute Gasteiger partial charge is 0.362 e. The van der Waals surface area contributed by atoms with Gasteiger partial charge in [0, 0.05) is 29.2 Å². The molecule has 1 aliphatic heterocycles. The SMILES string of the molecule is CCCN1c2ccc(/C=N\NC(=O)CSc3nc(C)cc(C)n3)cc2C(C)=CC1(C)C. The lowest BCUT2D eigenvalue weighted by atomic mass is 9.88. The van der Waals surface area contributed by atoms with E-state index in [0.29, 0.717) is 5.16 Å². The lowest BCUT2D eigenvalue weighted by Crippen LogP contribution is -2.45. The molecule has 1 aromatic heterocycles. The van der Waals surface area contributed by atoms with Gasteiger partial charge in [-0.25, -0.2) is 15.4 Å². The van der Waals surface area contributed by atoms with Crippen molar-refractivity contribution < 1.29 is 4.79 Å². The Morgan fingerprint density at radius 2 is 1.90 bits per heavy atom. The van der Waals surface area contributed by atoms with Gasteiger partial charge in [0.15, 0.2) is 5.16 Å². The Kier molecular flexibility index (Phi) is 7.15. The van der Waals surface area contributed by atoms with Gasteiger partial charge in [-0.15, -0.1) is 0 Å². The molecule has 0 aliphatic carbocycles. The summed E-state index contributed by atoms with van der Waals surface area (Å²) < 4.78 is 0. The van der Waals surface area contributed by atoms with E-state index in [-0.39, 0.29) is 17.2 Å². The molecule has 0 saturated carbocycles. The van der Waals surface area contributed by atoms with E-state index >= 15 is 0 Å². The summed E-state index contributed by atoms with van der Waals surface area (Å²) in [5.74, 6) is 0.0294. The topological polar surface area (TPSA) is 70.5 Å². The molecule has 0 spiro atoms. The molecule has 1 aromatic carbocycles. The Morgan fingerprint density at radius 3 is 2.58 bits per heavy atom. The first-order valence-electron chi connectivity index (χ1n) is 10.6. The molecule has 1 N–H and O–H groups in total. The second-order valence-corrected chi connectivity index (χ2v) is 9.37. The Bertz CT molecular complexity index is 1010. The average molecular weight is 438 g/mol. The number of amides is 1. The molecule has 6 nitrogen and oxygen atoms in total. The molecule has 0 fully saturated rings. The van der Waals surface area contributed by atoms with Crippen LogP contribution in [0, 0.1) is 13.8 Å². The third-order valence-electron chi connectivity index (χ3n) is 5.15. The lowest BCUT2D eigenvalue weighted by Gasteiger charge is -2.43. The molecule has 0 saturated heterocycles. The number of nitrogens with zero attached hydrogens (tertiary/aromatic N) is 4. The zero-order valence-electron chi connectivity index (χ0n) is 19.2. The molecule has 2 heterocycles. The fourth-order valence-corrected chi connectivity index (χ4v) is 4.65. The molecule has 31 heavy (non-hydrogen) atoms. The van der Waals surface area contributed by atoms with Gasteiger partial charge in [0.25, 0.3) is 5.91 Å². The van der Waals surface area contributed by atoms with E-state index in [1.807, 2.05) is 26.0 Å². The second-order valence-electron chi connectivity index (χ2n) is 8.42. The van der Waals surface area contributed by atoms with Crippen LogP contribution >= 0.6 is 11.8 Å². The van der Waals surface area contributed by atoms with Crippen LogP contribution in [0.15, 0.2) is 40.6 Å². The Labute approximate surface area is 189 Å². The number of allylic oxidation sites excluding steroid dienone is 1. The van der Waals surface area contributed by atoms with Crippen molar-refractivity contribution >= 4 is 35.1 Å². The molecular formula is C24H31N5OS. The number of hydrazone groups is 1. The number of carbonyl (C=O) groups excluding carboxylic acids is 1. The fraction of sp³-hybridized carbons (Fsp3) is 0.417. The van der Waals surface area contributed by atoms with Gasteiger partial charge in [-0.3, -0.25) is 4.79 Å². The molecule has 1 amide bonds. The Balaban J connectivity index is 1.64. The van der Waals surface area contributed by atoms with Gasteiger partial charge >= 0.3 is 0 Å². The quantitative estimate of drug-likeness (QED) is 0.293. The highest BCUT2D eigenvalue weighted by atomic mass is 32.2. The standard InChI is InChI=1S/C24H31N5OS/c1-7-10-29-21-9-8-19(12-20(21)16(2)13-24(29,5)6)14-25-28-22(30)15-31-23-26-17(3)11-18(4)27-23/h8-9,11-14H,7,10,15H2,1-6H3,(H,28,30)/b25-14-. The molecule has 2 aromatic rings. The number of anilines is 1. The number of hydrogen-bond acceptors (Lipinski definition) is 6. The predicted octanol–water partition coefficient (Wildman–Crippen LogP) is 4.75. The summed E-state index contributed by atoms with van der Waals surface area (Å²) in [6.45, 7) is 13.7. The summed E-state index contributed by atoms with van der Waals surface area (Å²) in [5, 5.41) is 4.74. The van der Waals surface area contributed by atoms with E-state index < -0.39 is 0 Å². The molecule has 3 rings (SSSR count). The minimum absolute atomic E-state index is 0.00606. The normalized spacial score (nSPS) is 15.0. The number of hydrogen-bond donors (Lipinski definition) is 1. The van der Waals surface area contributed by atoms with E-state index in [0.717, 1.165) is 29.9 Å². The Hall–Kier alpha value is -2.67. The van der Waals surface area contributed by atoms with Crippen LogP contribution in [0.25, 0.3) is 5.57 Å². The first-order valence-corrected chi connectivity index (χ1v) is 11.6. The first kappa shape index (κ1) is 23.0. The van der Waals surface area contributed by atoms with E-state index in [9.17, 15) is 4.79 Å². The van der Waals surface area contributed by atoms with Gasteiger partial charge in [-0.05, 0) is 70.4 Å². The van der Waals surface area contributed by atoms with E-state index in [1.165, 1.54) is 28.6 Å². The van der Waals surface area contributed by atoms with Gasteiger partial charge in [-0.2, -0.15) is 5.10 Å². The van der Waals surface area contributed by atoms with Crippen LogP contribution in [0.2, 0.25) is 0 Å². The van der Waals surface area contributed by atoms with E-state index in [4.69, 9.17) is 0 Å². The van der Waals surface area contributed by atoms with Gasteiger partial charge in [0.1, 0.15) is 0 Å². The van der Waals surface area contributed by atoms with Crippen LogP contribution < -0.4 is 10.3 Å². The van der Waals surface area contributed by atoms with Crippen molar-refractivity contribution in [1.82, 2.24) is 15.4 Å². The number of fused-ring (bicyclic) bond motifs is 1. The van der Waals surface area contributed by atoms with Crippen LogP contribution in [-0.2, 0) is 4.79 Å². The van der Waals surface area contributed by atoms with Crippen LogP contribution in [0.1, 0.15) is 56.6 Å². The average Bonchev–Trinajstić information content (AvgIpc) is 2.69. The number of nitrogens with one attached hydrogen (secondary N) is 1. The molecule has 0 atom stereocenters. The van der Waals surface area contributed by atoms with Crippen LogP contribution in [-0.4, -0.2) is 39.9 Å². The summed E-state index contributed by atoms with van der Waals surface area (Å²) in [4.78, 5) is 23.3. The highest BCUT2D eigenvalue weighted by molar-refractivity contribution is 7.99. The van der Waals surface area contributed by atoms with Crippen molar-refractivity contribution in [1.29, 1.82) is 0 Å². The van der Waals surface area contributed by atoms with Crippen molar-refractivity contribution in [3.63, 3.8) is 0 Å². The molecular weight excluding hydrogens is 406 g/mol. The maximum absolute atomic E-state index is 12.1. The summed E-state index contributed by atoms with van der Waals surface area (Å²) in [7, 11) is 0. The number of rotatable bonds is 7. The van der Waals surface area contributed by atoms with Crippen molar-refractivity contribution in [3.8, 4) is 0 Å². The zero-order chi connectivity index (χ0) is 22.6. The number of benzene rings is 1. The number of aromatic nitrogens is 2. The third kappa shape index (κ3) is 5.73. The second kappa shape index (κ2) is 9.64. The highest BCUT2D eigenvalue weighted by Gasteiger charge is 2.30. The lowest BCUT2D eigenvalue weighted by molar-refractivity contribution is -0.118. The van der Waals surface area contributed by atoms with E-state index in [2.05, 4.69) is 71.3 Å². The van der Waals surface area contributed by atoms with Gasteiger partial charge in [0.05, 0.1) is 17.5 Å². The van der Waals surface area contributed by atoms with Gasteiger partial charge < -0.3 is 4.90 Å². The predicted molar refractivity (Wildman–Crippen MR) is 130 cm³/mol. The smallest absolute Gasteiger partial charge is 0.250 e. The Morgan fingerprint density at radius 1 is 1.19 bits per heavy atom. The van der Waals surface area contributed by atoms with E-state index in [1.54, 1.807) is 6.21 Å². The number of aryl methyl sites for hydroxylation is 2. The minimum Gasteiger partial charge on any atom is -0.362 e. The maximum atomic E-state index is 12.1. The summed E-state index contributed by atoms with van der Waals surface area (Å²) in [6, 6.07) is 8.24. The van der Waals surface area contributed by atoms with Gasteiger partial charge in [-0.1, -0.05) is 30.8 Å². The molecule has 0 unspecified atom stereocenters. The minimum atomic E-state index is -0.186. The summed E-state index contributed by atoms with van der Waals surface area (Å²) in [6.07, 6.45) is 5.10. The molecule has 1 aliphatic rings. The van der Waals surface area contributed by atoms with Gasteiger partial charge in [0.2, 0.25) is 0 Å². The first-order chi connectivity index (χ1) is 14.7. The molecule has 164 valence electrons. The maximum Gasteiger partial charge on any atom is 0.250 e. The van der Waals surface area contributed by atoms with Crippen LogP contribution in [0.5, 0.6) is 0 Å². The van der Waals surface area contributed by atoms with Crippen molar-refractivity contribution in [2.45, 2.75) is 58.7 Å².